The zero-order valence-corrected chi connectivity index (χ0v) is 22.9. The van der Waals surface area contributed by atoms with Crippen LogP contribution in [0, 0.1) is 0 Å². The minimum atomic E-state index is -0.639. The van der Waals surface area contributed by atoms with Crippen molar-refractivity contribution >= 4 is 27.7 Å². The monoisotopic (exact) mass is 564 g/mol. The highest BCUT2D eigenvalue weighted by Crippen LogP contribution is 2.33. The summed E-state index contributed by atoms with van der Waals surface area (Å²) in [6.07, 6.45) is 2.06. The van der Waals surface area contributed by atoms with Crippen molar-refractivity contribution < 1.29 is 19.1 Å². The molecule has 0 unspecified atom stereocenters. The maximum Gasteiger partial charge on any atom is 0.243 e. The number of carbonyl (C=O) groups excluding carboxylic acids is 2. The molecule has 0 bridgehead atoms. The number of hydrogen-bond acceptors (Lipinski definition) is 4. The molecular weight excluding hydrogens is 532 g/mol. The molecule has 0 saturated heterocycles. The second kappa shape index (κ2) is 12.8. The molecular formula is C30H33BrN2O4. The summed E-state index contributed by atoms with van der Waals surface area (Å²) in [5, 5.41) is 3.11. The summed E-state index contributed by atoms with van der Waals surface area (Å²) >= 11 is 3.53. The van der Waals surface area contributed by atoms with Crippen molar-refractivity contribution in [1.82, 2.24) is 10.2 Å². The van der Waals surface area contributed by atoms with Crippen LogP contribution in [0.5, 0.6) is 11.5 Å². The van der Waals surface area contributed by atoms with E-state index in [4.69, 9.17) is 9.47 Å². The second-order valence-electron chi connectivity index (χ2n) is 9.36. The Labute approximate surface area is 227 Å². The van der Waals surface area contributed by atoms with Crippen molar-refractivity contribution in [3.8, 4) is 11.5 Å². The molecule has 0 aliphatic carbocycles. The molecule has 6 nitrogen and oxygen atoms in total. The maximum absolute atomic E-state index is 13.8. The molecule has 1 N–H and O–H groups in total. The van der Waals surface area contributed by atoms with E-state index in [9.17, 15) is 9.59 Å². The van der Waals surface area contributed by atoms with Gasteiger partial charge in [0.2, 0.25) is 18.6 Å². The first kappa shape index (κ1) is 26.7. The molecule has 3 aromatic carbocycles. The Morgan fingerprint density at radius 2 is 1.70 bits per heavy atom. The maximum atomic E-state index is 13.8. The fourth-order valence-electron chi connectivity index (χ4n) is 4.32. The summed E-state index contributed by atoms with van der Waals surface area (Å²) in [4.78, 5) is 29.1. The van der Waals surface area contributed by atoms with Crippen molar-refractivity contribution in [2.24, 2.45) is 0 Å². The van der Waals surface area contributed by atoms with Crippen molar-refractivity contribution in [3.63, 3.8) is 0 Å². The van der Waals surface area contributed by atoms with Gasteiger partial charge < -0.3 is 19.7 Å². The SMILES string of the molecule is CC[C@@H](C)NC(=O)[C@@H](Cc1ccccc1)N(Cc1cccc(Br)c1)C(=O)CCc1ccc2c(c1)OCO2. The number of benzene rings is 3. The van der Waals surface area contributed by atoms with Gasteiger partial charge in [-0.15, -0.1) is 0 Å². The molecule has 1 heterocycles. The van der Waals surface area contributed by atoms with Crippen molar-refractivity contribution in [2.75, 3.05) is 6.79 Å². The Balaban J connectivity index is 1.60. The van der Waals surface area contributed by atoms with Gasteiger partial charge in [0.05, 0.1) is 0 Å². The number of hydrogen-bond donors (Lipinski definition) is 1. The lowest BCUT2D eigenvalue weighted by Gasteiger charge is -2.32. The molecule has 3 aromatic rings. The van der Waals surface area contributed by atoms with E-state index in [1.807, 2.05) is 86.6 Å². The molecule has 4 rings (SSSR count). The summed E-state index contributed by atoms with van der Waals surface area (Å²) in [7, 11) is 0. The van der Waals surface area contributed by atoms with Gasteiger partial charge in [-0.3, -0.25) is 9.59 Å². The first-order chi connectivity index (χ1) is 17.9. The molecule has 1 aliphatic heterocycles. The molecule has 37 heavy (non-hydrogen) atoms. The predicted octanol–water partition coefficient (Wildman–Crippen LogP) is 5.67. The molecule has 2 atom stereocenters. The number of fused-ring (bicyclic) bond motifs is 1. The van der Waals surface area contributed by atoms with Crippen LogP contribution < -0.4 is 14.8 Å². The van der Waals surface area contributed by atoms with E-state index < -0.39 is 6.04 Å². The Kier molecular flexibility index (Phi) is 9.23. The first-order valence-corrected chi connectivity index (χ1v) is 13.5. The van der Waals surface area contributed by atoms with Crippen LogP contribution in [0.25, 0.3) is 0 Å². The van der Waals surface area contributed by atoms with Gasteiger partial charge in [0.25, 0.3) is 0 Å². The molecule has 0 spiro atoms. The van der Waals surface area contributed by atoms with E-state index in [-0.39, 0.29) is 31.1 Å². The Morgan fingerprint density at radius 1 is 0.946 bits per heavy atom. The summed E-state index contributed by atoms with van der Waals surface area (Å²) < 4.78 is 11.8. The van der Waals surface area contributed by atoms with E-state index in [2.05, 4.69) is 21.2 Å². The number of ether oxygens (including phenoxy) is 2. The molecule has 1 aliphatic rings. The number of carbonyl (C=O) groups is 2. The molecule has 0 fully saturated rings. The van der Waals surface area contributed by atoms with Gasteiger partial charge in [0.1, 0.15) is 6.04 Å². The lowest BCUT2D eigenvalue weighted by atomic mass is 10.0. The summed E-state index contributed by atoms with van der Waals surface area (Å²) in [6, 6.07) is 22.9. The summed E-state index contributed by atoms with van der Waals surface area (Å²) in [6.45, 7) is 4.57. The van der Waals surface area contributed by atoms with Crippen LogP contribution in [-0.4, -0.2) is 35.6 Å². The van der Waals surface area contributed by atoms with Gasteiger partial charge in [-0.1, -0.05) is 71.4 Å². The van der Waals surface area contributed by atoms with Crippen molar-refractivity contribution in [2.45, 2.75) is 58.2 Å². The topological polar surface area (TPSA) is 67.9 Å². The average molecular weight is 566 g/mol. The van der Waals surface area contributed by atoms with E-state index in [1.165, 1.54) is 0 Å². The molecule has 194 valence electrons. The number of nitrogens with one attached hydrogen (secondary N) is 1. The lowest BCUT2D eigenvalue weighted by Crippen LogP contribution is -2.52. The largest absolute Gasteiger partial charge is 0.454 e. The van der Waals surface area contributed by atoms with Crippen molar-refractivity contribution in [1.29, 1.82) is 0 Å². The average Bonchev–Trinajstić information content (AvgIpc) is 3.38. The zero-order valence-electron chi connectivity index (χ0n) is 21.3. The van der Waals surface area contributed by atoms with Gasteiger partial charge in [-0.2, -0.15) is 0 Å². The van der Waals surface area contributed by atoms with Crippen LogP contribution in [0.4, 0.5) is 0 Å². The minimum Gasteiger partial charge on any atom is -0.454 e. The van der Waals surface area contributed by atoms with Gasteiger partial charge >= 0.3 is 0 Å². The van der Waals surface area contributed by atoms with Crippen LogP contribution in [0.1, 0.15) is 43.4 Å². The summed E-state index contributed by atoms with van der Waals surface area (Å²) in [5.41, 5.74) is 2.96. The third-order valence-electron chi connectivity index (χ3n) is 6.58. The van der Waals surface area contributed by atoms with E-state index in [1.54, 1.807) is 4.90 Å². The second-order valence-corrected chi connectivity index (χ2v) is 10.3. The first-order valence-electron chi connectivity index (χ1n) is 12.7. The van der Waals surface area contributed by atoms with Crippen LogP contribution >= 0.6 is 15.9 Å². The van der Waals surface area contributed by atoms with Gasteiger partial charge in [-0.05, 0) is 60.7 Å². The van der Waals surface area contributed by atoms with Gasteiger partial charge in [-0.25, -0.2) is 0 Å². The highest BCUT2D eigenvalue weighted by molar-refractivity contribution is 9.10. The van der Waals surface area contributed by atoms with Crippen LogP contribution in [0.15, 0.2) is 77.3 Å². The normalized spacial score (nSPS) is 13.6. The quantitative estimate of drug-likeness (QED) is 0.326. The fraction of sp³-hybridized carbons (Fsp3) is 0.333. The smallest absolute Gasteiger partial charge is 0.243 e. The van der Waals surface area contributed by atoms with E-state index in [0.29, 0.717) is 25.1 Å². The van der Waals surface area contributed by atoms with Crippen LogP contribution in [0.3, 0.4) is 0 Å². The lowest BCUT2D eigenvalue weighted by molar-refractivity contribution is -0.141. The number of nitrogens with zero attached hydrogens (tertiary/aromatic N) is 1. The zero-order chi connectivity index (χ0) is 26.2. The van der Waals surface area contributed by atoms with E-state index in [0.717, 1.165) is 33.3 Å². The van der Waals surface area contributed by atoms with Crippen LogP contribution in [-0.2, 0) is 29.0 Å². The minimum absolute atomic E-state index is 0.0160. The highest BCUT2D eigenvalue weighted by atomic mass is 79.9. The van der Waals surface area contributed by atoms with Gasteiger partial charge in [0.15, 0.2) is 11.5 Å². The predicted molar refractivity (Wildman–Crippen MR) is 147 cm³/mol. The Morgan fingerprint density at radius 3 is 2.46 bits per heavy atom. The summed E-state index contributed by atoms with van der Waals surface area (Å²) in [5.74, 6) is 1.21. The Bertz CT molecular complexity index is 1220. The molecule has 2 amide bonds. The molecule has 0 saturated carbocycles. The number of halogens is 1. The molecule has 0 radical (unpaired) electrons. The van der Waals surface area contributed by atoms with Crippen molar-refractivity contribution in [3.05, 3.63) is 94.0 Å². The standard InChI is InChI=1S/C30H33BrN2O4/c1-3-21(2)32-30(35)26(17-22-8-5-4-6-9-22)33(19-24-10-7-11-25(31)16-24)29(34)15-13-23-12-14-27-28(18-23)37-20-36-27/h4-12,14,16,18,21,26H,3,13,15,17,19-20H2,1-2H3,(H,32,35)/t21-,26-/m1/s1. The molecule has 7 heteroatoms. The molecule has 0 aromatic heterocycles. The van der Waals surface area contributed by atoms with Crippen LogP contribution in [0.2, 0.25) is 0 Å². The van der Waals surface area contributed by atoms with Gasteiger partial charge in [0, 0.05) is 29.9 Å². The highest BCUT2D eigenvalue weighted by Gasteiger charge is 2.31. The fourth-order valence-corrected chi connectivity index (χ4v) is 4.77. The third-order valence-corrected chi connectivity index (χ3v) is 7.07. The third kappa shape index (κ3) is 7.35. The Hall–Kier alpha value is -3.32. The van der Waals surface area contributed by atoms with E-state index >= 15 is 0 Å². The number of aryl methyl sites for hydroxylation is 1. The number of amides is 2. The number of rotatable bonds is 11.